The molecule has 2 aromatic rings. The van der Waals surface area contributed by atoms with Crippen molar-refractivity contribution in [1.82, 2.24) is 20.2 Å². The highest BCUT2D eigenvalue weighted by Crippen LogP contribution is 2.30. The largest absolute Gasteiger partial charge is 0.396 e. The van der Waals surface area contributed by atoms with E-state index in [4.69, 9.17) is 5.73 Å². The van der Waals surface area contributed by atoms with Crippen LogP contribution < -0.4 is 11.1 Å². The molecule has 124 valence electrons. The Kier molecular flexibility index (Phi) is 5.07. The highest BCUT2D eigenvalue weighted by molar-refractivity contribution is 5.70. The highest BCUT2D eigenvalue weighted by Gasteiger charge is 2.23. The fraction of sp³-hybridized carbons (Fsp3) is 0.562. The molecular weight excluding hydrogens is 292 g/mol. The minimum atomic E-state index is 0.200. The molecule has 3 rings (SSSR count). The number of hydrogen-bond acceptors (Lipinski definition) is 6. The first kappa shape index (κ1) is 15.7. The summed E-state index contributed by atoms with van der Waals surface area (Å²) in [6, 6.07) is 1.80. The molecule has 1 atom stereocenters. The van der Waals surface area contributed by atoms with Crippen LogP contribution in [0.3, 0.4) is 0 Å². The number of aliphatic hydroxyl groups is 1. The van der Waals surface area contributed by atoms with Crippen molar-refractivity contribution in [1.29, 1.82) is 0 Å². The normalized spacial score (nSPS) is 17.1. The van der Waals surface area contributed by atoms with Crippen LogP contribution in [0.5, 0.6) is 0 Å². The second-order valence-electron chi connectivity index (χ2n) is 6.18. The molecule has 5 N–H and O–H groups in total. The first-order chi connectivity index (χ1) is 11.3. The van der Waals surface area contributed by atoms with E-state index in [1.54, 1.807) is 18.5 Å². The van der Waals surface area contributed by atoms with Crippen molar-refractivity contribution in [3.8, 4) is 11.3 Å². The summed E-state index contributed by atoms with van der Waals surface area (Å²) in [6.07, 6.45) is 9.63. The molecular formula is C16H24N6O. The predicted octanol–water partition coefficient (Wildman–Crippen LogP) is 2.05. The summed E-state index contributed by atoms with van der Waals surface area (Å²) < 4.78 is 0. The molecule has 23 heavy (non-hydrogen) atoms. The number of aliphatic hydroxyl groups excluding tert-OH is 1. The van der Waals surface area contributed by atoms with Crippen LogP contribution in [-0.4, -0.2) is 38.4 Å². The van der Waals surface area contributed by atoms with Gasteiger partial charge in [-0.05, 0) is 12.0 Å². The number of nitrogens with one attached hydrogen (secondary N) is 2. The van der Waals surface area contributed by atoms with Gasteiger partial charge in [0.25, 0.3) is 0 Å². The molecule has 7 nitrogen and oxygen atoms in total. The van der Waals surface area contributed by atoms with Gasteiger partial charge in [0.15, 0.2) is 0 Å². The molecule has 1 aliphatic carbocycles. The summed E-state index contributed by atoms with van der Waals surface area (Å²) in [7, 11) is 0. The minimum absolute atomic E-state index is 0.200. The molecule has 0 saturated heterocycles. The van der Waals surface area contributed by atoms with E-state index in [-0.39, 0.29) is 12.5 Å². The number of nitrogens with zero attached hydrogens (tertiary/aromatic N) is 3. The van der Waals surface area contributed by atoms with Gasteiger partial charge in [-0.15, -0.1) is 0 Å². The van der Waals surface area contributed by atoms with E-state index in [0.29, 0.717) is 24.2 Å². The summed E-state index contributed by atoms with van der Waals surface area (Å²) in [6.45, 7) is 0.886. The third-order valence-electron chi connectivity index (χ3n) is 4.67. The molecule has 0 radical (unpaired) electrons. The van der Waals surface area contributed by atoms with Crippen molar-refractivity contribution in [2.75, 3.05) is 24.2 Å². The minimum Gasteiger partial charge on any atom is -0.396 e. The van der Waals surface area contributed by atoms with Gasteiger partial charge in [0.1, 0.15) is 5.82 Å². The van der Waals surface area contributed by atoms with Crippen molar-refractivity contribution in [3.63, 3.8) is 0 Å². The summed E-state index contributed by atoms with van der Waals surface area (Å²) in [5, 5.41) is 19.6. The van der Waals surface area contributed by atoms with Gasteiger partial charge < -0.3 is 16.2 Å². The molecule has 7 heteroatoms. The van der Waals surface area contributed by atoms with Crippen LogP contribution >= 0.6 is 0 Å². The quantitative estimate of drug-likeness (QED) is 0.649. The Morgan fingerprint density at radius 1 is 1.35 bits per heavy atom. The van der Waals surface area contributed by atoms with Crippen molar-refractivity contribution >= 4 is 11.8 Å². The van der Waals surface area contributed by atoms with E-state index >= 15 is 0 Å². The van der Waals surface area contributed by atoms with Gasteiger partial charge in [-0.25, -0.2) is 9.97 Å². The number of hydrogen-bond donors (Lipinski definition) is 4. The van der Waals surface area contributed by atoms with Gasteiger partial charge in [-0.3, -0.25) is 5.10 Å². The number of nitrogens with two attached hydrogens (primary N) is 1. The molecule has 1 saturated carbocycles. The smallest absolute Gasteiger partial charge is 0.223 e. The second kappa shape index (κ2) is 7.41. The van der Waals surface area contributed by atoms with Gasteiger partial charge in [0.05, 0.1) is 17.5 Å². The second-order valence-corrected chi connectivity index (χ2v) is 6.18. The van der Waals surface area contributed by atoms with E-state index in [2.05, 4.69) is 25.5 Å². The maximum atomic E-state index is 9.69. The SMILES string of the molecule is Nc1[nH]ncc1-c1ccnc(NCC(CO)C2CCCCC2)n1. The molecule has 1 unspecified atom stereocenters. The molecule has 1 fully saturated rings. The fourth-order valence-electron chi connectivity index (χ4n) is 3.30. The standard InChI is InChI=1S/C16H24N6O/c17-15-13(9-20-22-15)14-6-7-18-16(21-14)19-8-12(10-23)11-4-2-1-3-5-11/h6-7,9,11-12,23H,1-5,8,10H2,(H3,17,20,22)(H,18,19,21). The average Bonchev–Trinajstić information content (AvgIpc) is 3.03. The highest BCUT2D eigenvalue weighted by atomic mass is 16.3. The number of rotatable bonds is 6. The lowest BCUT2D eigenvalue weighted by molar-refractivity contribution is 0.156. The number of H-pyrrole nitrogens is 1. The van der Waals surface area contributed by atoms with Crippen molar-refractivity contribution in [2.45, 2.75) is 32.1 Å². The van der Waals surface area contributed by atoms with Crippen LogP contribution in [0.25, 0.3) is 11.3 Å². The van der Waals surface area contributed by atoms with E-state index in [1.165, 1.54) is 32.1 Å². The Morgan fingerprint density at radius 2 is 2.17 bits per heavy atom. The Morgan fingerprint density at radius 3 is 2.87 bits per heavy atom. The first-order valence-electron chi connectivity index (χ1n) is 8.25. The Labute approximate surface area is 135 Å². The zero-order valence-electron chi connectivity index (χ0n) is 13.2. The zero-order valence-corrected chi connectivity index (χ0v) is 13.2. The van der Waals surface area contributed by atoms with Crippen LogP contribution in [0.2, 0.25) is 0 Å². The molecule has 1 aliphatic rings. The van der Waals surface area contributed by atoms with Crippen LogP contribution in [0.1, 0.15) is 32.1 Å². The molecule has 0 bridgehead atoms. The van der Waals surface area contributed by atoms with E-state index in [0.717, 1.165) is 11.3 Å². The van der Waals surface area contributed by atoms with Gasteiger partial charge in [0.2, 0.25) is 5.95 Å². The Bertz CT molecular complexity index is 623. The lowest BCUT2D eigenvalue weighted by Gasteiger charge is -2.29. The van der Waals surface area contributed by atoms with Gasteiger partial charge in [0, 0.05) is 25.3 Å². The number of nitrogen functional groups attached to an aromatic ring is 1. The summed E-state index contributed by atoms with van der Waals surface area (Å²) >= 11 is 0. The fourth-order valence-corrected chi connectivity index (χ4v) is 3.30. The molecule has 2 aromatic heterocycles. The zero-order chi connectivity index (χ0) is 16.1. The monoisotopic (exact) mass is 316 g/mol. The van der Waals surface area contributed by atoms with Crippen LogP contribution in [0, 0.1) is 11.8 Å². The number of anilines is 2. The summed E-state index contributed by atoms with van der Waals surface area (Å²) in [5.74, 6) is 1.89. The average molecular weight is 316 g/mol. The molecule has 0 amide bonds. The molecule has 0 aromatic carbocycles. The van der Waals surface area contributed by atoms with Gasteiger partial charge >= 0.3 is 0 Å². The lowest BCUT2D eigenvalue weighted by Crippen LogP contribution is -2.28. The molecule has 0 spiro atoms. The van der Waals surface area contributed by atoms with E-state index in [9.17, 15) is 5.11 Å². The first-order valence-corrected chi connectivity index (χ1v) is 8.25. The molecule has 0 aliphatic heterocycles. The van der Waals surface area contributed by atoms with E-state index < -0.39 is 0 Å². The van der Waals surface area contributed by atoms with Crippen molar-refractivity contribution in [2.24, 2.45) is 11.8 Å². The number of aromatic nitrogens is 4. The van der Waals surface area contributed by atoms with Crippen molar-refractivity contribution < 1.29 is 5.11 Å². The van der Waals surface area contributed by atoms with Crippen LogP contribution in [0.15, 0.2) is 18.5 Å². The number of aromatic amines is 1. The summed E-state index contributed by atoms with van der Waals surface area (Å²) in [4.78, 5) is 8.74. The third-order valence-corrected chi connectivity index (χ3v) is 4.67. The van der Waals surface area contributed by atoms with Gasteiger partial charge in [-0.2, -0.15) is 5.10 Å². The van der Waals surface area contributed by atoms with E-state index in [1.807, 2.05) is 0 Å². The topological polar surface area (TPSA) is 113 Å². The lowest BCUT2D eigenvalue weighted by atomic mass is 9.80. The van der Waals surface area contributed by atoms with Crippen molar-refractivity contribution in [3.05, 3.63) is 18.5 Å². The molecule has 2 heterocycles. The third kappa shape index (κ3) is 3.79. The predicted molar refractivity (Wildman–Crippen MR) is 89.7 cm³/mol. The maximum Gasteiger partial charge on any atom is 0.223 e. The Balaban J connectivity index is 1.64. The Hall–Kier alpha value is -2.15. The summed E-state index contributed by atoms with van der Waals surface area (Å²) in [5.41, 5.74) is 7.33. The van der Waals surface area contributed by atoms with Crippen LogP contribution in [0.4, 0.5) is 11.8 Å². The maximum absolute atomic E-state index is 9.69. The van der Waals surface area contributed by atoms with Crippen LogP contribution in [-0.2, 0) is 0 Å². The van der Waals surface area contributed by atoms with Gasteiger partial charge in [-0.1, -0.05) is 32.1 Å².